The Hall–Kier alpha value is -2.64. The molecule has 4 aromatic rings. The van der Waals surface area contributed by atoms with Crippen LogP contribution in [0.4, 0.5) is 0 Å². The first-order valence-electron chi connectivity index (χ1n) is 8.13. The molecule has 1 amide bonds. The van der Waals surface area contributed by atoms with E-state index in [1.807, 2.05) is 24.3 Å². The number of aromatic nitrogens is 3. The molecule has 0 saturated carbocycles. The lowest BCUT2D eigenvalue weighted by atomic mass is 10.00. The van der Waals surface area contributed by atoms with Crippen LogP contribution in [0.15, 0.2) is 46.6 Å². The summed E-state index contributed by atoms with van der Waals surface area (Å²) in [5.41, 5.74) is 2.45. The summed E-state index contributed by atoms with van der Waals surface area (Å²) in [6.45, 7) is 0.533. The van der Waals surface area contributed by atoms with Crippen LogP contribution in [0.3, 0.4) is 0 Å². The first-order valence-corrected chi connectivity index (χ1v) is 9.39. The maximum Gasteiger partial charge on any atom is 0.283 e. The molecule has 1 aliphatic heterocycles. The van der Waals surface area contributed by atoms with Gasteiger partial charge in [0.25, 0.3) is 5.91 Å². The number of H-pyrrole nitrogens is 1. The van der Waals surface area contributed by atoms with E-state index < -0.39 is 6.04 Å². The molecule has 3 aromatic heterocycles. The average Bonchev–Trinajstić information content (AvgIpc) is 3.41. The Morgan fingerprint density at radius 3 is 3.04 bits per heavy atom. The number of para-hydroxylation sites is 1. The minimum Gasteiger partial charge on any atom is -0.457 e. The van der Waals surface area contributed by atoms with Crippen LogP contribution >= 0.6 is 22.9 Å². The van der Waals surface area contributed by atoms with E-state index in [1.54, 1.807) is 22.8 Å². The lowest BCUT2D eigenvalue weighted by Gasteiger charge is -2.33. The van der Waals surface area contributed by atoms with E-state index in [-0.39, 0.29) is 5.91 Å². The van der Waals surface area contributed by atoms with Gasteiger partial charge in [-0.1, -0.05) is 23.7 Å². The van der Waals surface area contributed by atoms with Crippen molar-refractivity contribution in [2.75, 3.05) is 6.54 Å². The van der Waals surface area contributed by atoms with Crippen LogP contribution in [0.25, 0.3) is 11.0 Å². The predicted octanol–water partition coefficient (Wildman–Crippen LogP) is 4.05. The van der Waals surface area contributed by atoms with Gasteiger partial charge in [0, 0.05) is 35.6 Å². The molecule has 130 valence electrons. The summed E-state index contributed by atoms with van der Waals surface area (Å²) in [6, 6.07) is 7.09. The van der Waals surface area contributed by atoms with Crippen LogP contribution in [0.5, 0.6) is 0 Å². The second kappa shape index (κ2) is 5.96. The zero-order chi connectivity index (χ0) is 17.7. The topological polar surface area (TPSA) is 75.0 Å². The summed E-state index contributed by atoms with van der Waals surface area (Å²) < 4.78 is 6.07. The predicted molar refractivity (Wildman–Crippen MR) is 98.5 cm³/mol. The minimum absolute atomic E-state index is 0.143. The van der Waals surface area contributed by atoms with Gasteiger partial charge < -0.3 is 14.3 Å². The third-order valence-electron chi connectivity index (χ3n) is 4.61. The Balaban J connectivity index is 1.69. The van der Waals surface area contributed by atoms with Gasteiger partial charge in [-0.3, -0.25) is 4.79 Å². The van der Waals surface area contributed by atoms with Gasteiger partial charge in [0.05, 0.1) is 17.0 Å². The maximum atomic E-state index is 13.1. The smallest absolute Gasteiger partial charge is 0.283 e. The monoisotopic (exact) mass is 384 g/mol. The minimum atomic E-state index is -0.485. The van der Waals surface area contributed by atoms with Crippen LogP contribution in [-0.4, -0.2) is 32.3 Å². The molecule has 1 aliphatic rings. The zero-order valence-electron chi connectivity index (χ0n) is 13.5. The van der Waals surface area contributed by atoms with E-state index in [0.717, 1.165) is 16.8 Å². The third kappa shape index (κ3) is 2.28. The zero-order valence-corrected chi connectivity index (χ0v) is 15.0. The number of thiazole rings is 1. The van der Waals surface area contributed by atoms with Crippen molar-refractivity contribution < 1.29 is 9.21 Å². The van der Waals surface area contributed by atoms with E-state index in [0.29, 0.717) is 34.3 Å². The molecule has 4 heterocycles. The van der Waals surface area contributed by atoms with Gasteiger partial charge in [0.1, 0.15) is 11.6 Å². The number of furan rings is 1. The fourth-order valence-electron chi connectivity index (χ4n) is 3.42. The average molecular weight is 385 g/mol. The van der Waals surface area contributed by atoms with Gasteiger partial charge in [-0.25, -0.2) is 9.97 Å². The molecule has 26 heavy (non-hydrogen) atoms. The third-order valence-corrected chi connectivity index (χ3v) is 5.76. The Kier molecular flexibility index (Phi) is 3.58. The fraction of sp³-hybridized carbons (Fsp3) is 0.167. The van der Waals surface area contributed by atoms with Crippen LogP contribution in [0.2, 0.25) is 5.02 Å². The molecular weight excluding hydrogens is 372 g/mol. The van der Waals surface area contributed by atoms with Gasteiger partial charge in [-0.05, 0) is 12.1 Å². The number of hydrogen-bond donors (Lipinski definition) is 1. The van der Waals surface area contributed by atoms with Crippen molar-refractivity contribution >= 4 is 39.8 Å². The second-order valence-electron chi connectivity index (χ2n) is 6.03. The molecule has 0 spiro atoms. The lowest BCUT2D eigenvalue weighted by Crippen LogP contribution is -2.40. The maximum absolute atomic E-state index is 13.1. The van der Waals surface area contributed by atoms with Crippen LogP contribution in [-0.2, 0) is 6.42 Å². The van der Waals surface area contributed by atoms with E-state index >= 15 is 0 Å². The number of hydrogen-bond acceptors (Lipinski definition) is 5. The molecule has 0 aliphatic carbocycles. The molecule has 0 fully saturated rings. The highest BCUT2D eigenvalue weighted by molar-refractivity contribution is 7.11. The number of nitrogens with one attached hydrogen (secondary N) is 1. The largest absolute Gasteiger partial charge is 0.457 e. The molecular formula is C18H13ClN4O2S. The highest BCUT2D eigenvalue weighted by atomic mass is 35.5. The number of aromatic amines is 1. The summed E-state index contributed by atoms with van der Waals surface area (Å²) >= 11 is 7.96. The molecule has 0 radical (unpaired) electrons. The first-order chi connectivity index (χ1) is 12.7. The van der Waals surface area contributed by atoms with Crippen molar-refractivity contribution in [3.63, 3.8) is 0 Å². The number of amides is 1. The normalized spacial score (nSPS) is 16.8. The SMILES string of the molecule is O=C(c1nccs1)N1CCc2[nH]cnc2[C@@H]1c1oc2ccccc2c1Cl. The number of nitrogens with zero attached hydrogens (tertiary/aromatic N) is 3. The van der Waals surface area contributed by atoms with Crippen molar-refractivity contribution in [3.05, 3.63) is 69.3 Å². The van der Waals surface area contributed by atoms with Crippen molar-refractivity contribution in [1.29, 1.82) is 0 Å². The number of carbonyl (C=O) groups excluding carboxylic acids is 1. The van der Waals surface area contributed by atoms with Crippen molar-refractivity contribution in [2.45, 2.75) is 12.5 Å². The molecule has 0 unspecified atom stereocenters. The van der Waals surface area contributed by atoms with E-state index in [9.17, 15) is 4.79 Å². The fourth-order valence-corrected chi connectivity index (χ4v) is 4.31. The molecule has 1 atom stereocenters. The summed E-state index contributed by atoms with van der Waals surface area (Å²) in [4.78, 5) is 26.6. The van der Waals surface area contributed by atoms with Crippen LogP contribution < -0.4 is 0 Å². The Labute approximate surface area is 157 Å². The Morgan fingerprint density at radius 2 is 2.23 bits per heavy atom. The second-order valence-corrected chi connectivity index (χ2v) is 7.30. The Morgan fingerprint density at radius 1 is 1.35 bits per heavy atom. The molecule has 1 N–H and O–H groups in total. The van der Waals surface area contributed by atoms with Crippen LogP contribution in [0.1, 0.15) is 33.0 Å². The molecule has 5 rings (SSSR count). The van der Waals surface area contributed by atoms with E-state index in [2.05, 4.69) is 15.0 Å². The number of fused-ring (bicyclic) bond motifs is 2. The molecule has 0 bridgehead atoms. The summed E-state index contributed by atoms with van der Waals surface area (Å²) in [5, 5.41) is 3.58. The number of halogens is 1. The van der Waals surface area contributed by atoms with Crippen molar-refractivity contribution in [1.82, 2.24) is 19.9 Å². The lowest BCUT2D eigenvalue weighted by molar-refractivity contribution is 0.0672. The Bertz CT molecular complexity index is 1100. The number of carbonyl (C=O) groups is 1. The molecule has 0 saturated heterocycles. The van der Waals surface area contributed by atoms with Gasteiger partial charge in [-0.2, -0.15) is 0 Å². The quantitative estimate of drug-likeness (QED) is 0.565. The standard InChI is InChI=1S/C18H13ClN4O2S/c19-13-10-3-1-2-4-12(10)25-16(13)15-14-11(21-9-22-14)5-7-23(15)18(24)17-20-6-8-26-17/h1-4,6,8-9,15H,5,7H2,(H,21,22)/t15-/m1/s1. The van der Waals surface area contributed by atoms with Gasteiger partial charge in [-0.15, -0.1) is 11.3 Å². The van der Waals surface area contributed by atoms with Crippen LogP contribution in [0, 0.1) is 0 Å². The molecule has 1 aromatic carbocycles. The summed E-state index contributed by atoms with van der Waals surface area (Å²) in [5.74, 6) is 0.390. The van der Waals surface area contributed by atoms with Gasteiger partial charge in [0.2, 0.25) is 0 Å². The number of benzene rings is 1. The first kappa shape index (κ1) is 15.6. The molecule has 8 heteroatoms. The van der Waals surface area contributed by atoms with Crippen molar-refractivity contribution in [2.24, 2.45) is 0 Å². The van der Waals surface area contributed by atoms with Gasteiger partial charge >= 0.3 is 0 Å². The number of imidazole rings is 1. The van der Waals surface area contributed by atoms with E-state index in [1.165, 1.54) is 11.3 Å². The summed E-state index contributed by atoms with van der Waals surface area (Å²) in [7, 11) is 0. The van der Waals surface area contributed by atoms with Crippen molar-refractivity contribution in [3.8, 4) is 0 Å². The number of rotatable bonds is 2. The van der Waals surface area contributed by atoms with Gasteiger partial charge in [0.15, 0.2) is 10.8 Å². The summed E-state index contributed by atoms with van der Waals surface area (Å²) in [6.07, 6.45) is 3.97. The molecule has 6 nitrogen and oxygen atoms in total. The highest BCUT2D eigenvalue weighted by Gasteiger charge is 2.39. The van der Waals surface area contributed by atoms with E-state index in [4.69, 9.17) is 16.0 Å². The highest BCUT2D eigenvalue weighted by Crippen LogP contribution is 2.42.